The molecule has 3 nitrogen and oxygen atoms in total. The Bertz CT molecular complexity index is 428. The number of hydrogen-bond donors (Lipinski definition) is 2. The van der Waals surface area contributed by atoms with Crippen LogP contribution in [0.5, 0.6) is 0 Å². The molecule has 0 aliphatic heterocycles. The lowest BCUT2D eigenvalue weighted by Gasteiger charge is -2.30. The third-order valence-electron chi connectivity index (χ3n) is 3.62. The highest BCUT2D eigenvalue weighted by Gasteiger charge is 2.39. The highest BCUT2D eigenvalue weighted by atomic mass is 19.1. The molecule has 1 unspecified atom stereocenters. The lowest BCUT2D eigenvalue weighted by atomic mass is 9.87. The van der Waals surface area contributed by atoms with E-state index in [0.29, 0.717) is 24.4 Å². The summed E-state index contributed by atoms with van der Waals surface area (Å²) in [6.07, 6.45) is 2.76. The van der Waals surface area contributed by atoms with E-state index in [-0.39, 0.29) is 5.82 Å². The Labute approximate surface area is 106 Å². The summed E-state index contributed by atoms with van der Waals surface area (Å²) < 4.78 is 12.9. The number of carboxylic acids is 1. The fourth-order valence-corrected chi connectivity index (χ4v) is 2.16. The Hall–Kier alpha value is -1.42. The van der Waals surface area contributed by atoms with Crippen molar-refractivity contribution in [3.05, 3.63) is 35.6 Å². The standard InChI is InChI=1S/C14H18FNO2/c1-2-14(13(17)18,16-9-10-3-4-10)11-5-7-12(15)8-6-11/h5-8,10,16H,2-4,9H2,1H3,(H,17,18). The average Bonchev–Trinajstić information content (AvgIpc) is 3.16. The maximum absolute atomic E-state index is 12.9. The van der Waals surface area contributed by atoms with Gasteiger partial charge in [-0.1, -0.05) is 19.1 Å². The van der Waals surface area contributed by atoms with E-state index < -0.39 is 11.5 Å². The number of hydrogen-bond acceptors (Lipinski definition) is 2. The maximum Gasteiger partial charge on any atom is 0.328 e. The molecule has 1 aliphatic rings. The number of carbonyl (C=O) groups is 1. The molecule has 0 amide bonds. The van der Waals surface area contributed by atoms with E-state index in [1.54, 1.807) is 12.1 Å². The van der Waals surface area contributed by atoms with Gasteiger partial charge in [0.15, 0.2) is 0 Å². The predicted octanol–water partition coefficient (Wildman–Crippen LogP) is 2.52. The summed E-state index contributed by atoms with van der Waals surface area (Å²) in [7, 11) is 0. The predicted molar refractivity (Wildman–Crippen MR) is 66.7 cm³/mol. The number of carboxylic acid groups (broad SMARTS) is 1. The topological polar surface area (TPSA) is 49.3 Å². The van der Waals surface area contributed by atoms with Crippen LogP contribution in [0.1, 0.15) is 31.7 Å². The summed E-state index contributed by atoms with van der Waals surface area (Å²) in [5.41, 5.74) is -0.490. The molecule has 1 atom stereocenters. The molecule has 1 aliphatic carbocycles. The molecule has 0 spiro atoms. The minimum absolute atomic E-state index is 0.351. The molecule has 2 rings (SSSR count). The third kappa shape index (κ3) is 2.53. The first kappa shape index (κ1) is 13.0. The highest BCUT2D eigenvalue weighted by molar-refractivity contribution is 5.80. The molecular weight excluding hydrogens is 233 g/mol. The second-order valence-corrected chi connectivity index (χ2v) is 4.90. The first-order chi connectivity index (χ1) is 8.58. The van der Waals surface area contributed by atoms with Crippen LogP contribution in [0.2, 0.25) is 0 Å². The van der Waals surface area contributed by atoms with Gasteiger partial charge in [0.1, 0.15) is 11.4 Å². The van der Waals surface area contributed by atoms with Gasteiger partial charge in [0.05, 0.1) is 0 Å². The van der Waals surface area contributed by atoms with Gasteiger partial charge in [0.2, 0.25) is 0 Å². The van der Waals surface area contributed by atoms with E-state index in [1.807, 2.05) is 6.92 Å². The van der Waals surface area contributed by atoms with Crippen LogP contribution in [0.3, 0.4) is 0 Å². The summed E-state index contributed by atoms with van der Waals surface area (Å²) in [5, 5.41) is 12.7. The summed E-state index contributed by atoms with van der Waals surface area (Å²) in [4.78, 5) is 11.6. The van der Waals surface area contributed by atoms with Gasteiger partial charge >= 0.3 is 5.97 Å². The summed E-state index contributed by atoms with van der Waals surface area (Å²) >= 11 is 0. The van der Waals surface area contributed by atoms with E-state index in [9.17, 15) is 14.3 Å². The number of nitrogens with one attached hydrogen (secondary N) is 1. The molecular formula is C14H18FNO2. The lowest BCUT2D eigenvalue weighted by molar-refractivity contribution is -0.145. The number of benzene rings is 1. The average molecular weight is 251 g/mol. The van der Waals surface area contributed by atoms with Gasteiger partial charge in [-0.15, -0.1) is 0 Å². The largest absolute Gasteiger partial charge is 0.480 e. The molecule has 0 radical (unpaired) electrons. The fraction of sp³-hybridized carbons (Fsp3) is 0.500. The van der Waals surface area contributed by atoms with Gasteiger partial charge in [0.25, 0.3) is 0 Å². The van der Waals surface area contributed by atoms with Crippen LogP contribution in [0, 0.1) is 11.7 Å². The van der Waals surface area contributed by atoms with Crippen molar-refractivity contribution < 1.29 is 14.3 Å². The Morgan fingerprint density at radius 1 is 1.44 bits per heavy atom. The minimum atomic E-state index is -1.10. The molecule has 0 aromatic heterocycles. The van der Waals surface area contributed by atoms with Crippen molar-refractivity contribution in [2.24, 2.45) is 5.92 Å². The molecule has 0 heterocycles. The smallest absolute Gasteiger partial charge is 0.328 e. The first-order valence-corrected chi connectivity index (χ1v) is 6.33. The zero-order valence-electron chi connectivity index (χ0n) is 10.4. The second kappa shape index (κ2) is 5.06. The van der Waals surface area contributed by atoms with Crippen LogP contribution in [0.25, 0.3) is 0 Å². The van der Waals surface area contributed by atoms with Crippen molar-refractivity contribution in [3.8, 4) is 0 Å². The summed E-state index contributed by atoms with van der Waals surface area (Å²) in [5.74, 6) is -0.663. The summed E-state index contributed by atoms with van der Waals surface area (Å²) in [6.45, 7) is 2.54. The van der Waals surface area contributed by atoms with Gasteiger partial charge < -0.3 is 5.11 Å². The SMILES string of the molecule is CCC(NCC1CC1)(C(=O)O)c1ccc(F)cc1. The molecule has 2 N–H and O–H groups in total. The zero-order chi connectivity index (χ0) is 13.2. The number of rotatable bonds is 6. The van der Waals surface area contributed by atoms with Gasteiger partial charge in [0, 0.05) is 0 Å². The van der Waals surface area contributed by atoms with E-state index >= 15 is 0 Å². The third-order valence-corrected chi connectivity index (χ3v) is 3.62. The van der Waals surface area contributed by atoms with Crippen molar-refractivity contribution in [3.63, 3.8) is 0 Å². The van der Waals surface area contributed by atoms with E-state index in [4.69, 9.17) is 0 Å². The van der Waals surface area contributed by atoms with E-state index in [2.05, 4.69) is 5.32 Å². The van der Waals surface area contributed by atoms with E-state index in [1.165, 1.54) is 12.1 Å². The van der Waals surface area contributed by atoms with Crippen LogP contribution in [-0.4, -0.2) is 17.6 Å². The van der Waals surface area contributed by atoms with Crippen LogP contribution >= 0.6 is 0 Å². The number of aliphatic carboxylic acids is 1. The van der Waals surface area contributed by atoms with Gasteiger partial charge in [-0.25, -0.2) is 9.18 Å². The van der Waals surface area contributed by atoms with Gasteiger partial charge in [-0.05, 0) is 49.4 Å². The molecule has 4 heteroatoms. The van der Waals surface area contributed by atoms with Crippen LogP contribution in [0.4, 0.5) is 4.39 Å². The molecule has 1 aromatic carbocycles. The monoisotopic (exact) mass is 251 g/mol. The highest BCUT2D eigenvalue weighted by Crippen LogP contribution is 2.31. The Morgan fingerprint density at radius 2 is 2.06 bits per heavy atom. The van der Waals surface area contributed by atoms with Crippen molar-refractivity contribution >= 4 is 5.97 Å². The van der Waals surface area contributed by atoms with Crippen LogP contribution in [-0.2, 0) is 10.3 Å². The Kier molecular flexibility index (Phi) is 3.66. The molecule has 0 bridgehead atoms. The maximum atomic E-state index is 12.9. The normalized spacial score (nSPS) is 18.3. The Morgan fingerprint density at radius 3 is 2.50 bits per heavy atom. The van der Waals surface area contributed by atoms with E-state index in [0.717, 1.165) is 12.8 Å². The first-order valence-electron chi connectivity index (χ1n) is 6.33. The lowest BCUT2D eigenvalue weighted by Crippen LogP contribution is -2.49. The molecule has 98 valence electrons. The Balaban J connectivity index is 2.26. The van der Waals surface area contributed by atoms with Crippen molar-refractivity contribution in [2.75, 3.05) is 6.54 Å². The fourth-order valence-electron chi connectivity index (χ4n) is 2.16. The van der Waals surface area contributed by atoms with Crippen molar-refractivity contribution in [1.82, 2.24) is 5.32 Å². The minimum Gasteiger partial charge on any atom is -0.480 e. The zero-order valence-corrected chi connectivity index (χ0v) is 10.4. The number of halogens is 1. The molecule has 1 saturated carbocycles. The van der Waals surface area contributed by atoms with Crippen LogP contribution in [0.15, 0.2) is 24.3 Å². The van der Waals surface area contributed by atoms with Gasteiger partial charge in [-0.2, -0.15) is 0 Å². The van der Waals surface area contributed by atoms with Crippen LogP contribution < -0.4 is 5.32 Å². The molecule has 1 fully saturated rings. The quantitative estimate of drug-likeness (QED) is 0.816. The second-order valence-electron chi connectivity index (χ2n) is 4.90. The molecule has 0 saturated heterocycles. The van der Waals surface area contributed by atoms with Crippen molar-refractivity contribution in [2.45, 2.75) is 31.7 Å². The van der Waals surface area contributed by atoms with Crippen molar-refractivity contribution in [1.29, 1.82) is 0 Å². The van der Waals surface area contributed by atoms with Gasteiger partial charge in [-0.3, -0.25) is 5.32 Å². The molecule has 18 heavy (non-hydrogen) atoms. The summed E-state index contributed by atoms with van der Waals surface area (Å²) in [6, 6.07) is 5.71. The molecule has 1 aromatic rings.